The zero-order valence-corrected chi connectivity index (χ0v) is 13.1. The average molecular weight is 298 g/mol. The molecule has 5 heteroatoms. The highest BCUT2D eigenvalue weighted by Gasteiger charge is 2.22. The van der Waals surface area contributed by atoms with Crippen LogP contribution in [0.3, 0.4) is 0 Å². The van der Waals surface area contributed by atoms with Crippen LogP contribution in [0, 0.1) is 5.41 Å². The first kappa shape index (κ1) is 16.8. The number of rotatable bonds is 7. The molecule has 0 aliphatic heterocycles. The molecule has 4 N–H and O–H groups in total. The zero-order chi connectivity index (χ0) is 15.2. The maximum absolute atomic E-state index is 8.72. The molecule has 0 aromatic heterocycles. The monoisotopic (exact) mass is 297 g/mol. The van der Waals surface area contributed by atoms with Crippen molar-refractivity contribution in [3.8, 4) is 0 Å². The van der Waals surface area contributed by atoms with Crippen LogP contribution >= 0.6 is 11.6 Å². The summed E-state index contributed by atoms with van der Waals surface area (Å²) in [4.78, 5) is 0. The van der Waals surface area contributed by atoms with Crippen molar-refractivity contribution in [1.82, 2.24) is 5.32 Å². The van der Waals surface area contributed by atoms with Crippen molar-refractivity contribution in [2.75, 3.05) is 6.54 Å². The van der Waals surface area contributed by atoms with Gasteiger partial charge < -0.3 is 16.3 Å². The summed E-state index contributed by atoms with van der Waals surface area (Å²) < 4.78 is 0. The number of nitrogens with zero attached hydrogens (tertiary/aromatic N) is 1. The van der Waals surface area contributed by atoms with E-state index in [1.54, 1.807) is 0 Å². The fraction of sp³-hybridized carbons (Fsp3) is 0.533. The highest BCUT2D eigenvalue weighted by atomic mass is 35.5. The molecule has 1 rings (SSSR count). The van der Waals surface area contributed by atoms with Crippen molar-refractivity contribution in [1.29, 1.82) is 0 Å². The molecule has 0 amide bonds. The van der Waals surface area contributed by atoms with Crippen LogP contribution in [0.2, 0.25) is 5.02 Å². The lowest BCUT2D eigenvalue weighted by Crippen LogP contribution is -2.32. The minimum absolute atomic E-state index is 0.277. The Balaban J connectivity index is 2.36. The van der Waals surface area contributed by atoms with Gasteiger partial charge in [-0.1, -0.05) is 42.7 Å². The van der Waals surface area contributed by atoms with Gasteiger partial charge in [0.25, 0.3) is 0 Å². The van der Waals surface area contributed by atoms with Gasteiger partial charge in [0.05, 0.1) is 0 Å². The maximum Gasteiger partial charge on any atom is 0.144 e. The Labute approximate surface area is 126 Å². The highest BCUT2D eigenvalue weighted by molar-refractivity contribution is 6.30. The number of nitrogens with one attached hydrogen (secondary N) is 1. The van der Waals surface area contributed by atoms with E-state index in [9.17, 15) is 0 Å². The Morgan fingerprint density at radius 1 is 1.40 bits per heavy atom. The van der Waals surface area contributed by atoms with Crippen LogP contribution in [0.4, 0.5) is 0 Å². The largest absolute Gasteiger partial charge is 0.409 e. The molecule has 1 atom stereocenters. The van der Waals surface area contributed by atoms with Gasteiger partial charge >= 0.3 is 0 Å². The first-order valence-electron chi connectivity index (χ1n) is 6.83. The summed E-state index contributed by atoms with van der Waals surface area (Å²) in [6.45, 7) is 6.96. The second-order valence-electron chi connectivity index (χ2n) is 5.70. The molecule has 0 fully saturated rings. The van der Waals surface area contributed by atoms with E-state index in [0.717, 1.165) is 24.4 Å². The first-order chi connectivity index (χ1) is 9.36. The second-order valence-corrected chi connectivity index (χ2v) is 6.14. The summed E-state index contributed by atoms with van der Waals surface area (Å²) in [5.41, 5.74) is 6.60. The number of hydrogen-bond acceptors (Lipinski definition) is 3. The molecule has 20 heavy (non-hydrogen) atoms. The van der Waals surface area contributed by atoms with Gasteiger partial charge in [-0.15, -0.1) is 0 Å². The second kappa shape index (κ2) is 7.50. The zero-order valence-electron chi connectivity index (χ0n) is 12.4. The molecular formula is C15H24ClN3O. The van der Waals surface area contributed by atoms with E-state index in [1.165, 1.54) is 5.56 Å². The maximum atomic E-state index is 8.72. The summed E-state index contributed by atoms with van der Waals surface area (Å²) in [7, 11) is 0. The molecule has 4 nitrogen and oxygen atoms in total. The van der Waals surface area contributed by atoms with Gasteiger partial charge in [-0.2, -0.15) is 0 Å². The van der Waals surface area contributed by atoms with Gasteiger partial charge in [0.15, 0.2) is 0 Å². The van der Waals surface area contributed by atoms with Crippen molar-refractivity contribution in [3.05, 3.63) is 34.9 Å². The van der Waals surface area contributed by atoms with E-state index >= 15 is 0 Å². The standard InChI is InChI=1S/C15H24ClN3O/c1-11(12-5-7-13(16)8-6-12)18-10-4-9-15(2,3)14(17)19-20/h5-8,11,18,20H,4,9-10H2,1-3H3,(H2,17,19). The fourth-order valence-electron chi connectivity index (χ4n) is 1.98. The molecular weight excluding hydrogens is 274 g/mol. The predicted octanol–water partition coefficient (Wildman–Crippen LogP) is 3.54. The van der Waals surface area contributed by atoms with Crippen LogP contribution in [0.15, 0.2) is 29.4 Å². The topological polar surface area (TPSA) is 70.6 Å². The number of hydrogen-bond donors (Lipinski definition) is 3. The highest BCUT2D eigenvalue weighted by Crippen LogP contribution is 2.22. The van der Waals surface area contributed by atoms with Gasteiger partial charge in [-0.25, -0.2) is 0 Å². The summed E-state index contributed by atoms with van der Waals surface area (Å²) in [5, 5.41) is 16.0. The average Bonchev–Trinajstić information content (AvgIpc) is 2.43. The third kappa shape index (κ3) is 5.02. The molecule has 0 radical (unpaired) electrons. The molecule has 0 aliphatic rings. The van der Waals surface area contributed by atoms with Crippen LogP contribution in [0.25, 0.3) is 0 Å². The number of halogens is 1. The fourth-order valence-corrected chi connectivity index (χ4v) is 2.11. The van der Waals surface area contributed by atoms with E-state index < -0.39 is 0 Å². The van der Waals surface area contributed by atoms with Crippen LogP contribution < -0.4 is 11.1 Å². The Morgan fingerprint density at radius 3 is 2.55 bits per heavy atom. The van der Waals surface area contributed by atoms with Gasteiger partial charge in [0.1, 0.15) is 5.84 Å². The summed E-state index contributed by atoms with van der Waals surface area (Å²) in [6.07, 6.45) is 1.82. The van der Waals surface area contributed by atoms with E-state index in [2.05, 4.69) is 17.4 Å². The van der Waals surface area contributed by atoms with Gasteiger partial charge in [0.2, 0.25) is 0 Å². The summed E-state index contributed by atoms with van der Waals surface area (Å²) in [6, 6.07) is 8.13. The molecule has 0 spiro atoms. The van der Waals surface area contributed by atoms with Crippen molar-refractivity contribution in [2.24, 2.45) is 16.3 Å². The van der Waals surface area contributed by atoms with Crippen LogP contribution in [-0.2, 0) is 0 Å². The van der Waals surface area contributed by atoms with E-state index in [1.807, 2.05) is 38.1 Å². The summed E-state index contributed by atoms with van der Waals surface area (Å²) >= 11 is 5.87. The van der Waals surface area contributed by atoms with Gasteiger partial charge in [-0.3, -0.25) is 0 Å². The minimum atomic E-state index is -0.278. The third-order valence-electron chi connectivity index (χ3n) is 3.60. The molecule has 0 aliphatic carbocycles. The number of amidine groups is 1. The van der Waals surface area contributed by atoms with Gasteiger partial charge in [0, 0.05) is 16.5 Å². The first-order valence-corrected chi connectivity index (χ1v) is 7.21. The lowest BCUT2D eigenvalue weighted by molar-refractivity contribution is 0.304. The van der Waals surface area contributed by atoms with Crippen molar-refractivity contribution >= 4 is 17.4 Å². The lowest BCUT2D eigenvalue weighted by atomic mass is 9.86. The SMILES string of the molecule is CC(NCCCC(C)(C)C(N)=NO)c1ccc(Cl)cc1. The van der Waals surface area contributed by atoms with Crippen molar-refractivity contribution < 1.29 is 5.21 Å². The van der Waals surface area contributed by atoms with E-state index in [0.29, 0.717) is 0 Å². The van der Waals surface area contributed by atoms with E-state index in [-0.39, 0.29) is 17.3 Å². The minimum Gasteiger partial charge on any atom is -0.409 e. The molecule has 0 saturated carbocycles. The van der Waals surface area contributed by atoms with E-state index in [4.69, 9.17) is 22.5 Å². The number of benzene rings is 1. The third-order valence-corrected chi connectivity index (χ3v) is 3.85. The Hall–Kier alpha value is -1.26. The molecule has 1 aromatic carbocycles. The molecule has 0 bridgehead atoms. The molecule has 1 aromatic rings. The molecule has 112 valence electrons. The molecule has 0 saturated heterocycles. The van der Waals surface area contributed by atoms with Crippen molar-refractivity contribution in [2.45, 2.75) is 39.7 Å². The van der Waals surface area contributed by atoms with Gasteiger partial charge in [-0.05, 0) is 44.0 Å². The smallest absolute Gasteiger partial charge is 0.144 e. The number of nitrogens with two attached hydrogens (primary N) is 1. The molecule has 1 unspecified atom stereocenters. The quantitative estimate of drug-likeness (QED) is 0.237. The predicted molar refractivity (Wildman–Crippen MR) is 84.3 cm³/mol. The van der Waals surface area contributed by atoms with Crippen LogP contribution in [-0.4, -0.2) is 17.6 Å². The van der Waals surface area contributed by atoms with Crippen molar-refractivity contribution in [3.63, 3.8) is 0 Å². The Kier molecular flexibility index (Phi) is 6.30. The Bertz CT molecular complexity index is 443. The van der Waals surface area contributed by atoms with Crippen LogP contribution in [0.5, 0.6) is 0 Å². The number of oxime groups is 1. The van der Waals surface area contributed by atoms with Crippen LogP contribution in [0.1, 0.15) is 45.2 Å². The Morgan fingerprint density at radius 2 is 2.00 bits per heavy atom. The summed E-state index contributed by atoms with van der Waals surface area (Å²) in [5.74, 6) is 0.281. The molecule has 0 heterocycles. The lowest BCUT2D eigenvalue weighted by Gasteiger charge is -2.23. The normalized spacial score (nSPS) is 14.3.